The van der Waals surface area contributed by atoms with Crippen LogP contribution in [-0.2, 0) is 19.2 Å². The number of aromatic amines is 1. The lowest BCUT2D eigenvalue weighted by Gasteiger charge is -2.39. The molecule has 4 amide bonds. The minimum absolute atomic E-state index is 0.00456. The first kappa shape index (κ1) is 24.6. The minimum atomic E-state index is -1.13. The van der Waals surface area contributed by atoms with Crippen molar-refractivity contribution < 1.29 is 24.0 Å². The number of rotatable bonds is 8. The van der Waals surface area contributed by atoms with E-state index in [1.54, 1.807) is 11.0 Å². The Morgan fingerprint density at radius 2 is 1.87 bits per heavy atom. The van der Waals surface area contributed by atoms with Crippen LogP contribution in [0.1, 0.15) is 61.9 Å². The van der Waals surface area contributed by atoms with Gasteiger partial charge in [-0.3, -0.25) is 24.0 Å². The van der Waals surface area contributed by atoms with Crippen LogP contribution in [0.3, 0.4) is 0 Å². The van der Waals surface area contributed by atoms with Gasteiger partial charge in [0, 0.05) is 36.0 Å². The van der Waals surface area contributed by atoms with Crippen LogP contribution >= 0.6 is 0 Å². The molecule has 2 aromatic rings. The van der Waals surface area contributed by atoms with Gasteiger partial charge < -0.3 is 25.8 Å². The number of hydrogen-bond donors (Lipinski definition) is 4. The molecule has 38 heavy (non-hydrogen) atoms. The molecule has 10 heteroatoms. The lowest BCUT2D eigenvalue weighted by Crippen LogP contribution is -2.58. The third kappa shape index (κ3) is 4.91. The summed E-state index contributed by atoms with van der Waals surface area (Å²) in [5, 5.41) is 9.17. The SMILES string of the molecule is O=C(NC1CC1)C(=O)C(C[C@@H]1CCNC1=O)NC(=O)[C@@H]1CC2(CCN1C(=O)c1cc3ccccc3[nH]1)CC2. The number of nitrogens with one attached hydrogen (secondary N) is 4. The molecule has 3 atom stereocenters. The third-order valence-corrected chi connectivity index (χ3v) is 8.62. The summed E-state index contributed by atoms with van der Waals surface area (Å²) in [4.78, 5) is 70.2. The van der Waals surface area contributed by atoms with Crippen molar-refractivity contribution in [2.24, 2.45) is 11.3 Å². The van der Waals surface area contributed by atoms with Gasteiger partial charge in [-0.1, -0.05) is 18.2 Å². The molecule has 4 fully saturated rings. The number of piperidine rings is 1. The largest absolute Gasteiger partial charge is 0.356 e. The molecule has 0 radical (unpaired) electrons. The fourth-order valence-corrected chi connectivity index (χ4v) is 5.88. The second kappa shape index (κ2) is 9.56. The Bertz CT molecular complexity index is 1280. The molecule has 10 nitrogen and oxygen atoms in total. The van der Waals surface area contributed by atoms with Crippen molar-refractivity contribution in [3.05, 3.63) is 36.0 Å². The fourth-order valence-electron chi connectivity index (χ4n) is 5.88. The van der Waals surface area contributed by atoms with Crippen molar-refractivity contribution in [1.82, 2.24) is 25.8 Å². The van der Waals surface area contributed by atoms with Gasteiger partial charge in [0.2, 0.25) is 17.6 Å². The zero-order valence-corrected chi connectivity index (χ0v) is 21.3. The zero-order chi connectivity index (χ0) is 26.4. The maximum Gasteiger partial charge on any atom is 0.289 e. The molecule has 2 aliphatic carbocycles. The highest BCUT2D eigenvalue weighted by molar-refractivity contribution is 6.38. The van der Waals surface area contributed by atoms with Crippen molar-refractivity contribution in [3.63, 3.8) is 0 Å². The molecule has 0 bridgehead atoms. The van der Waals surface area contributed by atoms with Gasteiger partial charge in [0.05, 0.1) is 6.04 Å². The van der Waals surface area contributed by atoms with Crippen LogP contribution in [0.4, 0.5) is 0 Å². The van der Waals surface area contributed by atoms with Crippen LogP contribution in [0.5, 0.6) is 0 Å². The van der Waals surface area contributed by atoms with E-state index < -0.39 is 35.6 Å². The summed E-state index contributed by atoms with van der Waals surface area (Å²) >= 11 is 0. The van der Waals surface area contributed by atoms with E-state index >= 15 is 0 Å². The highest BCUT2D eigenvalue weighted by Crippen LogP contribution is 2.55. The van der Waals surface area contributed by atoms with Gasteiger partial charge in [0.25, 0.3) is 11.8 Å². The van der Waals surface area contributed by atoms with E-state index in [-0.39, 0.29) is 29.7 Å². The number of nitrogens with zero attached hydrogens (tertiary/aromatic N) is 1. The number of ketones is 1. The normalized spacial score (nSPS) is 24.6. The van der Waals surface area contributed by atoms with E-state index in [9.17, 15) is 24.0 Å². The first-order valence-electron chi connectivity index (χ1n) is 13.6. The molecule has 1 spiro atoms. The Morgan fingerprint density at radius 3 is 2.55 bits per heavy atom. The summed E-state index contributed by atoms with van der Waals surface area (Å²) in [7, 11) is 0. The number of carbonyl (C=O) groups is 5. The molecule has 3 heterocycles. The summed E-state index contributed by atoms with van der Waals surface area (Å²) in [5.41, 5.74) is 1.30. The first-order valence-corrected chi connectivity index (χ1v) is 13.6. The smallest absolute Gasteiger partial charge is 0.289 e. The van der Waals surface area contributed by atoms with Crippen molar-refractivity contribution in [2.45, 2.75) is 69.5 Å². The molecule has 1 aromatic carbocycles. The average molecular weight is 520 g/mol. The number of Topliss-reactive ketones (excluding diaryl/α,β-unsaturated/α-hetero) is 1. The Hall–Kier alpha value is -3.69. The van der Waals surface area contributed by atoms with Gasteiger partial charge in [-0.05, 0) is 68.9 Å². The van der Waals surface area contributed by atoms with E-state index in [4.69, 9.17) is 0 Å². The van der Waals surface area contributed by atoms with Crippen molar-refractivity contribution in [2.75, 3.05) is 13.1 Å². The van der Waals surface area contributed by atoms with Crippen LogP contribution in [-0.4, -0.2) is 70.5 Å². The van der Waals surface area contributed by atoms with Gasteiger partial charge in [0.1, 0.15) is 11.7 Å². The summed E-state index contributed by atoms with van der Waals surface area (Å²) in [5.74, 6) is -2.81. The lowest BCUT2D eigenvalue weighted by atomic mass is 9.86. The standard InChI is InChI=1S/C28H33N5O5/c34-23(26(37)30-18-5-6-18)20(14-17-7-11-29-24(17)35)32-25(36)22-15-28(8-9-28)10-12-33(22)27(38)21-13-16-3-1-2-4-19(16)31-21/h1-4,13,17-18,20,22,31H,5-12,14-15H2,(H,29,35)(H,30,37)(H,32,36)/t17-,20?,22-/m0/s1. The molecule has 1 unspecified atom stereocenters. The molecule has 4 N–H and O–H groups in total. The Kier molecular flexibility index (Phi) is 6.20. The zero-order valence-electron chi connectivity index (χ0n) is 21.3. The number of aromatic nitrogens is 1. The van der Waals surface area contributed by atoms with Crippen LogP contribution in [0, 0.1) is 11.3 Å². The molecule has 2 aliphatic heterocycles. The monoisotopic (exact) mass is 519 g/mol. The highest BCUT2D eigenvalue weighted by Gasteiger charge is 2.51. The molecular formula is C28H33N5O5. The van der Waals surface area contributed by atoms with Crippen LogP contribution in [0.2, 0.25) is 0 Å². The maximum absolute atomic E-state index is 13.8. The van der Waals surface area contributed by atoms with E-state index in [1.807, 2.05) is 24.3 Å². The van der Waals surface area contributed by atoms with Crippen LogP contribution in [0.15, 0.2) is 30.3 Å². The van der Waals surface area contributed by atoms with Gasteiger partial charge >= 0.3 is 0 Å². The lowest BCUT2D eigenvalue weighted by molar-refractivity contribution is -0.141. The Labute approximate surface area is 220 Å². The average Bonchev–Trinajstić information content (AvgIpc) is 3.80. The Morgan fingerprint density at radius 1 is 1.08 bits per heavy atom. The van der Waals surface area contributed by atoms with Gasteiger partial charge in [0.15, 0.2) is 0 Å². The predicted molar refractivity (Wildman–Crippen MR) is 138 cm³/mol. The molecule has 200 valence electrons. The summed E-state index contributed by atoms with van der Waals surface area (Å²) in [6.07, 6.45) is 5.63. The van der Waals surface area contributed by atoms with Crippen LogP contribution in [0.25, 0.3) is 10.9 Å². The molecule has 2 saturated heterocycles. The number of carbonyl (C=O) groups excluding carboxylic acids is 5. The number of para-hydroxylation sites is 1. The molecule has 2 saturated carbocycles. The van der Waals surface area contributed by atoms with Crippen LogP contribution < -0.4 is 16.0 Å². The molecule has 6 rings (SSSR count). The van der Waals surface area contributed by atoms with E-state index in [1.165, 1.54) is 0 Å². The number of H-pyrrole nitrogens is 1. The number of fused-ring (bicyclic) bond motifs is 1. The number of benzene rings is 1. The van der Waals surface area contributed by atoms with E-state index in [0.717, 1.165) is 43.0 Å². The van der Waals surface area contributed by atoms with E-state index in [0.29, 0.717) is 31.6 Å². The minimum Gasteiger partial charge on any atom is -0.356 e. The first-order chi connectivity index (χ1) is 18.3. The molecular weight excluding hydrogens is 486 g/mol. The summed E-state index contributed by atoms with van der Waals surface area (Å²) in [6, 6.07) is 7.51. The van der Waals surface area contributed by atoms with Crippen molar-refractivity contribution in [3.8, 4) is 0 Å². The topological polar surface area (TPSA) is 140 Å². The second-order valence-electron chi connectivity index (χ2n) is 11.4. The second-order valence-corrected chi connectivity index (χ2v) is 11.4. The van der Waals surface area contributed by atoms with E-state index in [2.05, 4.69) is 20.9 Å². The fraction of sp³-hybridized carbons (Fsp3) is 0.536. The maximum atomic E-state index is 13.8. The van der Waals surface area contributed by atoms with Gasteiger partial charge in [-0.25, -0.2) is 0 Å². The Balaban J connectivity index is 1.23. The van der Waals surface area contributed by atoms with Crippen molar-refractivity contribution >= 4 is 40.3 Å². The molecule has 4 aliphatic rings. The highest BCUT2D eigenvalue weighted by atomic mass is 16.2. The van der Waals surface area contributed by atoms with Gasteiger partial charge in [-0.15, -0.1) is 0 Å². The van der Waals surface area contributed by atoms with Gasteiger partial charge in [-0.2, -0.15) is 0 Å². The number of hydrogen-bond acceptors (Lipinski definition) is 5. The molecule has 1 aromatic heterocycles. The predicted octanol–water partition coefficient (Wildman–Crippen LogP) is 1.41. The quantitative estimate of drug-likeness (QED) is 0.391. The summed E-state index contributed by atoms with van der Waals surface area (Å²) in [6.45, 7) is 0.947. The third-order valence-electron chi connectivity index (χ3n) is 8.62. The van der Waals surface area contributed by atoms with Crippen molar-refractivity contribution in [1.29, 1.82) is 0 Å². The number of amides is 4. The summed E-state index contributed by atoms with van der Waals surface area (Å²) < 4.78 is 0. The number of likely N-dealkylation sites (tertiary alicyclic amines) is 1.